The third-order valence-electron chi connectivity index (χ3n) is 4.69. The van der Waals surface area contributed by atoms with Gasteiger partial charge in [0.05, 0.1) is 0 Å². The smallest absolute Gasteiger partial charge is 0.223 e. The molecule has 106 valence electrons. The van der Waals surface area contributed by atoms with Gasteiger partial charge in [-0.2, -0.15) is 0 Å². The molecule has 19 heavy (non-hydrogen) atoms. The van der Waals surface area contributed by atoms with Gasteiger partial charge in [-0.3, -0.25) is 4.79 Å². The molecule has 0 aromatic carbocycles. The summed E-state index contributed by atoms with van der Waals surface area (Å²) in [5.41, 5.74) is 0. The van der Waals surface area contributed by atoms with Crippen molar-refractivity contribution in [3.05, 3.63) is 12.2 Å². The van der Waals surface area contributed by atoms with Gasteiger partial charge in [-0.15, -0.1) is 0 Å². The summed E-state index contributed by atoms with van der Waals surface area (Å²) in [5, 5.41) is 3.57. The molecule has 3 rings (SSSR count). The Kier molecular flexibility index (Phi) is 4.21. The lowest BCUT2D eigenvalue weighted by atomic mass is 10.0. The highest BCUT2D eigenvalue weighted by molar-refractivity contribution is 5.77. The van der Waals surface area contributed by atoms with Crippen LogP contribution in [0.5, 0.6) is 0 Å². The molecule has 1 aliphatic heterocycles. The van der Waals surface area contributed by atoms with E-state index in [1.165, 1.54) is 38.5 Å². The molecule has 0 bridgehead atoms. The highest BCUT2D eigenvalue weighted by atomic mass is 16.2. The molecule has 1 N–H and O–H groups in total. The van der Waals surface area contributed by atoms with E-state index in [1.807, 2.05) is 0 Å². The zero-order valence-electron chi connectivity index (χ0n) is 11.8. The summed E-state index contributed by atoms with van der Waals surface area (Å²) in [7, 11) is 0. The van der Waals surface area contributed by atoms with E-state index in [1.54, 1.807) is 0 Å². The maximum Gasteiger partial charge on any atom is 0.223 e. The molecule has 3 aliphatic rings. The van der Waals surface area contributed by atoms with E-state index in [4.69, 9.17) is 0 Å². The predicted molar refractivity (Wildman–Crippen MR) is 76.9 cm³/mol. The van der Waals surface area contributed by atoms with E-state index in [0.717, 1.165) is 25.9 Å². The van der Waals surface area contributed by atoms with Gasteiger partial charge >= 0.3 is 0 Å². The Balaban J connectivity index is 1.53. The molecule has 0 aromatic heterocycles. The van der Waals surface area contributed by atoms with Gasteiger partial charge in [0.25, 0.3) is 0 Å². The van der Waals surface area contributed by atoms with Crippen molar-refractivity contribution in [2.45, 2.75) is 63.5 Å². The first-order valence-electron chi connectivity index (χ1n) is 8.02. The average Bonchev–Trinajstić information content (AvgIpc) is 3.15. The lowest BCUT2D eigenvalue weighted by Crippen LogP contribution is -2.46. The number of carbonyl (C=O) groups excluding carboxylic acids is 1. The van der Waals surface area contributed by atoms with Gasteiger partial charge in [-0.05, 0) is 51.0 Å². The monoisotopic (exact) mass is 262 g/mol. The fourth-order valence-corrected chi connectivity index (χ4v) is 3.36. The van der Waals surface area contributed by atoms with Crippen molar-refractivity contribution in [3.8, 4) is 0 Å². The number of nitrogens with zero attached hydrogens (tertiary/aromatic N) is 1. The van der Waals surface area contributed by atoms with Crippen LogP contribution in [0.1, 0.15) is 51.4 Å². The SMILES string of the molecule is O=C(CC1C=CCC1)N(CC1CCCCN1)C1CC1. The second-order valence-corrected chi connectivity index (χ2v) is 6.39. The van der Waals surface area contributed by atoms with Crippen LogP contribution in [0.15, 0.2) is 12.2 Å². The number of hydrogen-bond donors (Lipinski definition) is 1. The first-order valence-corrected chi connectivity index (χ1v) is 8.02. The second kappa shape index (κ2) is 6.08. The largest absolute Gasteiger partial charge is 0.338 e. The maximum absolute atomic E-state index is 12.5. The Morgan fingerprint density at radius 1 is 1.21 bits per heavy atom. The highest BCUT2D eigenvalue weighted by Gasteiger charge is 2.34. The lowest BCUT2D eigenvalue weighted by Gasteiger charge is -2.31. The Morgan fingerprint density at radius 2 is 2.11 bits per heavy atom. The van der Waals surface area contributed by atoms with E-state index < -0.39 is 0 Å². The van der Waals surface area contributed by atoms with Gasteiger partial charge in [0.15, 0.2) is 0 Å². The minimum atomic E-state index is 0.395. The molecule has 0 aromatic rings. The number of piperidine rings is 1. The normalized spacial score (nSPS) is 30.5. The van der Waals surface area contributed by atoms with Gasteiger partial charge in [-0.1, -0.05) is 18.6 Å². The second-order valence-electron chi connectivity index (χ2n) is 6.39. The fraction of sp³-hybridized carbons (Fsp3) is 0.812. The zero-order chi connectivity index (χ0) is 13.1. The summed E-state index contributed by atoms with van der Waals surface area (Å²) in [6, 6.07) is 1.10. The van der Waals surface area contributed by atoms with Crippen LogP contribution in [-0.4, -0.2) is 36.0 Å². The Bertz CT molecular complexity index is 343. The Labute approximate surface area is 116 Å². The third kappa shape index (κ3) is 3.59. The van der Waals surface area contributed by atoms with Gasteiger partial charge in [0, 0.05) is 25.0 Å². The molecule has 2 unspecified atom stereocenters. The molecule has 2 aliphatic carbocycles. The minimum absolute atomic E-state index is 0.395. The molecule has 2 fully saturated rings. The molecular formula is C16H26N2O. The van der Waals surface area contributed by atoms with Crippen LogP contribution in [0.4, 0.5) is 0 Å². The van der Waals surface area contributed by atoms with Gasteiger partial charge in [0.1, 0.15) is 0 Å². The fourth-order valence-electron chi connectivity index (χ4n) is 3.36. The standard InChI is InChI=1S/C16H26N2O/c19-16(11-13-5-1-2-6-13)18(15-8-9-15)12-14-7-3-4-10-17-14/h1,5,13-15,17H,2-4,6-12H2. The van der Waals surface area contributed by atoms with Crippen LogP contribution >= 0.6 is 0 Å². The molecule has 1 saturated heterocycles. The molecule has 0 spiro atoms. The van der Waals surface area contributed by atoms with Crippen LogP contribution in [0, 0.1) is 5.92 Å². The zero-order valence-corrected chi connectivity index (χ0v) is 11.8. The number of hydrogen-bond acceptors (Lipinski definition) is 2. The molecule has 3 heteroatoms. The predicted octanol–water partition coefficient (Wildman–Crippen LogP) is 2.48. The third-order valence-corrected chi connectivity index (χ3v) is 4.69. The summed E-state index contributed by atoms with van der Waals surface area (Å²) in [4.78, 5) is 14.7. The number of carbonyl (C=O) groups is 1. The summed E-state index contributed by atoms with van der Waals surface area (Å²) in [5.74, 6) is 0.902. The van der Waals surface area contributed by atoms with Gasteiger partial charge < -0.3 is 10.2 Å². The summed E-state index contributed by atoms with van der Waals surface area (Å²) >= 11 is 0. The van der Waals surface area contributed by atoms with Crippen molar-refractivity contribution in [3.63, 3.8) is 0 Å². The van der Waals surface area contributed by atoms with Gasteiger partial charge in [0.2, 0.25) is 5.91 Å². The molecule has 2 atom stereocenters. The van der Waals surface area contributed by atoms with E-state index >= 15 is 0 Å². The van der Waals surface area contributed by atoms with Crippen molar-refractivity contribution in [1.29, 1.82) is 0 Å². The van der Waals surface area contributed by atoms with Crippen LogP contribution in [0.2, 0.25) is 0 Å². The average molecular weight is 262 g/mol. The topological polar surface area (TPSA) is 32.3 Å². The molecule has 1 heterocycles. The number of amides is 1. The summed E-state index contributed by atoms with van der Waals surface area (Å²) in [6.07, 6.45) is 13.8. The first kappa shape index (κ1) is 13.2. The van der Waals surface area contributed by atoms with Crippen LogP contribution in [-0.2, 0) is 4.79 Å². The molecule has 3 nitrogen and oxygen atoms in total. The van der Waals surface area contributed by atoms with Gasteiger partial charge in [-0.25, -0.2) is 0 Å². The quantitative estimate of drug-likeness (QED) is 0.772. The van der Waals surface area contributed by atoms with E-state index in [-0.39, 0.29) is 0 Å². The summed E-state index contributed by atoms with van der Waals surface area (Å²) in [6.45, 7) is 2.07. The molecular weight excluding hydrogens is 236 g/mol. The van der Waals surface area contributed by atoms with E-state index in [0.29, 0.717) is 23.9 Å². The van der Waals surface area contributed by atoms with Crippen molar-refractivity contribution < 1.29 is 4.79 Å². The van der Waals surface area contributed by atoms with E-state index in [9.17, 15) is 4.79 Å². The molecule has 0 radical (unpaired) electrons. The highest BCUT2D eigenvalue weighted by Crippen LogP contribution is 2.30. The van der Waals surface area contributed by atoms with Crippen LogP contribution in [0.25, 0.3) is 0 Å². The Hall–Kier alpha value is -0.830. The van der Waals surface area contributed by atoms with Crippen molar-refractivity contribution in [2.24, 2.45) is 5.92 Å². The van der Waals surface area contributed by atoms with E-state index in [2.05, 4.69) is 22.4 Å². The number of rotatable bonds is 5. The maximum atomic E-state index is 12.5. The number of nitrogens with one attached hydrogen (secondary N) is 1. The van der Waals surface area contributed by atoms with Crippen molar-refractivity contribution in [2.75, 3.05) is 13.1 Å². The summed E-state index contributed by atoms with van der Waals surface area (Å²) < 4.78 is 0. The van der Waals surface area contributed by atoms with Crippen molar-refractivity contribution in [1.82, 2.24) is 10.2 Å². The lowest BCUT2D eigenvalue weighted by molar-refractivity contribution is -0.133. The first-order chi connectivity index (χ1) is 9.33. The van der Waals surface area contributed by atoms with Crippen LogP contribution in [0.3, 0.4) is 0 Å². The van der Waals surface area contributed by atoms with Crippen molar-refractivity contribution >= 4 is 5.91 Å². The Morgan fingerprint density at radius 3 is 2.74 bits per heavy atom. The van der Waals surface area contributed by atoms with Crippen LogP contribution < -0.4 is 5.32 Å². The minimum Gasteiger partial charge on any atom is -0.338 e. The molecule has 1 saturated carbocycles. The molecule has 1 amide bonds. The number of allylic oxidation sites excluding steroid dienone is 2.